The van der Waals surface area contributed by atoms with Gasteiger partial charge in [-0.05, 0) is 38.4 Å². The molecule has 1 atom stereocenters. The van der Waals surface area contributed by atoms with Crippen LogP contribution in [0.4, 0.5) is 0 Å². The van der Waals surface area contributed by atoms with E-state index in [-0.39, 0.29) is 11.9 Å². The van der Waals surface area contributed by atoms with Crippen LogP contribution in [0.1, 0.15) is 38.4 Å². The molecule has 1 amide bonds. The van der Waals surface area contributed by atoms with Gasteiger partial charge in [-0.2, -0.15) is 0 Å². The first-order valence-corrected chi connectivity index (χ1v) is 7.33. The molecule has 0 saturated carbocycles. The van der Waals surface area contributed by atoms with Gasteiger partial charge in [-0.15, -0.1) is 0 Å². The molecule has 20 heavy (non-hydrogen) atoms. The first-order chi connectivity index (χ1) is 9.69. The number of aromatic nitrogens is 1. The van der Waals surface area contributed by atoms with Crippen LogP contribution in [-0.4, -0.2) is 37.3 Å². The number of nitrogens with zero attached hydrogens (tertiary/aromatic N) is 1. The van der Waals surface area contributed by atoms with Gasteiger partial charge in [-0.25, -0.2) is 0 Å². The van der Waals surface area contributed by atoms with E-state index in [1.807, 2.05) is 16.8 Å². The monoisotopic (exact) mass is 281 g/mol. The smallest absolute Gasteiger partial charge is 0.239 e. The summed E-state index contributed by atoms with van der Waals surface area (Å²) < 4.78 is 6.95. The molecule has 0 radical (unpaired) electrons. The maximum absolute atomic E-state index is 11.9. The molecular formula is C15H27N3O2. The van der Waals surface area contributed by atoms with Crippen LogP contribution in [0.3, 0.4) is 0 Å². The van der Waals surface area contributed by atoms with E-state index in [1.165, 1.54) is 0 Å². The number of amides is 1. The van der Waals surface area contributed by atoms with E-state index >= 15 is 0 Å². The summed E-state index contributed by atoms with van der Waals surface area (Å²) in [6, 6.07) is 4.30. The van der Waals surface area contributed by atoms with E-state index in [1.54, 1.807) is 7.11 Å². The summed E-state index contributed by atoms with van der Waals surface area (Å²) >= 11 is 0. The van der Waals surface area contributed by atoms with Gasteiger partial charge in [-0.3, -0.25) is 4.79 Å². The topological polar surface area (TPSA) is 55.3 Å². The highest BCUT2D eigenvalue weighted by atomic mass is 16.5. The van der Waals surface area contributed by atoms with E-state index < -0.39 is 0 Å². The third kappa shape index (κ3) is 5.75. The summed E-state index contributed by atoms with van der Waals surface area (Å²) in [5, 5.41) is 6.34. The van der Waals surface area contributed by atoms with Crippen LogP contribution in [-0.2, 0) is 16.1 Å². The fourth-order valence-corrected chi connectivity index (χ4v) is 2.08. The summed E-state index contributed by atoms with van der Waals surface area (Å²) in [7, 11) is 1.67. The van der Waals surface area contributed by atoms with Crippen LogP contribution >= 0.6 is 0 Å². The van der Waals surface area contributed by atoms with Crippen LogP contribution in [0.2, 0.25) is 0 Å². The van der Waals surface area contributed by atoms with Gasteiger partial charge in [-0.1, -0.05) is 6.92 Å². The summed E-state index contributed by atoms with van der Waals surface area (Å²) in [6.45, 7) is 6.95. The van der Waals surface area contributed by atoms with Crippen LogP contribution in [0.15, 0.2) is 18.3 Å². The molecule has 0 saturated heterocycles. The molecule has 1 heterocycles. The van der Waals surface area contributed by atoms with Gasteiger partial charge < -0.3 is 19.9 Å². The van der Waals surface area contributed by atoms with Gasteiger partial charge in [0.1, 0.15) is 6.54 Å². The lowest BCUT2D eigenvalue weighted by Crippen LogP contribution is -2.30. The first kappa shape index (κ1) is 16.7. The summed E-state index contributed by atoms with van der Waals surface area (Å²) in [5.74, 6) is 0.0428. The second-order valence-corrected chi connectivity index (χ2v) is 4.93. The third-order valence-electron chi connectivity index (χ3n) is 3.17. The maximum atomic E-state index is 11.9. The van der Waals surface area contributed by atoms with Crippen molar-refractivity contribution in [1.29, 1.82) is 0 Å². The molecular weight excluding hydrogens is 254 g/mol. The quantitative estimate of drug-likeness (QED) is 0.642. The number of methoxy groups -OCH3 is 1. The molecule has 5 heteroatoms. The zero-order valence-electron chi connectivity index (χ0n) is 12.8. The molecule has 1 rings (SSSR count). The molecule has 1 aromatic heterocycles. The molecule has 0 aliphatic rings. The molecule has 1 unspecified atom stereocenters. The Morgan fingerprint density at radius 1 is 1.45 bits per heavy atom. The van der Waals surface area contributed by atoms with Crippen LogP contribution in [0.25, 0.3) is 0 Å². The lowest BCUT2D eigenvalue weighted by molar-refractivity contribution is -0.121. The van der Waals surface area contributed by atoms with Crippen molar-refractivity contribution < 1.29 is 9.53 Å². The largest absolute Gasteiger partial charge is 0.385 e. The SMILES string of the molecule is CCCNC(C)c1cccn1CC(=O)NCCCOC. The Morgan fingerprint density at radius 2 is 2.25 bits per heavy atom. The highest BCUT2D eigenvalue weighted by molar-refractivity contribution is 5.75. The standard InChI is InChI=1S/C15H27N3O2/c1-4-8-16-13(2)14-7-5-10-18(14)12-15(19)17-9-6-11-20-3/h5,7,10,13,16H,4,6,8-9,11-12H2,1-3H3,(H,17,19). The number of ether oxygens (including phenoxy) is 1. The zero-order valence-corrected chi connectivity index (χ0v) is 12.8. The van der Waals surface area contributed by atoms with E-state index in [9.17, 15) is 4.79 Å². The van der Waals surface area contributed by atoms with Crippen LogP contribution < -0.4 is 10.6 Å². The zero-order chi connectivity index (χ0) is 14.8. The number of hydrogen-bond donors (Lipinski definition) is 2. The third-order valence-corrected chi connectivity index (χ3v) is 3.17. The van der Waals surface area contributed by atoms with Crippen molar-refractivity contribution in [3.8, 4) is 0 Å². The van der Waals surface area contributed by atoms with Crippen molar-refractivity contribution in [2.75, 3.05) is 26.8 Å². The molecule has 0 aromatic carbocycles. The van der Waals surface area contributed by atoms with Crippen molar-refractivity contribution in [2.45, 2.75) is 39.3 Å². The second kappa shape index (κ2) is 9.55. The normalized spacial score (nSPS) is 12.3. The molecule has 114 valence electrons. The first-order valence-electron chi connectivity index (χ1n) is 7.33. The predicted molar refractivity (Wildman–Crippen MR) is 80.6 cm³/mol. The Hall–Kier alpha value is -1.33. The Kier molecular flexibility index (Phi) is 7.99. The maximum Gasteiger partial charge on any atom is 0.239 e. The molecule has 2 N–H and O–H groups in total. The molecule has 5 nitrogen and oxygen atoms in total. The van der Waals surface area contributed by atoms with Crippen molar-refractivity contribution in [1.82, 2.24) is 15.2 Å². The Morgan fingerprint density at radius 3 is 2.95 bits per heavy atom. The Balaban J connectivity index is 2.43. The summed E-state index contributed by atoms with van der Waals surface area (Å²) in [5.41, 5.74) is 1.14. The molecule has 0 fully saturated rings. The minimum Gasteiger partial charge on any atom is -0.385 e. The number of rotatable bonds is 10. The Bertz CT molecular complexity index is 390. The van der Waals surface area contributed by atoms with Gasteiger partial charge in [0, 0.05) is 38.2 Å². The Labute approximate surface area is 121 Å². The molecule has 0 aliphatic carbocycles. The summed E-state index contributed by atoms with van der Waals surface area (Å²) in [4.78, 5) is 11.9. The van der Waals surface area contributed by atoms with E-state index in [4.69, 9.17) is 4.74 Å². The predicted octanol–water partition coefficient (Wildman–Crippen LogP) is 1.70. The van der Waals surface area contributed by atoms with Crippen molar-refractivity contribution in [2.24, 2.45) is 0 Å². The second-order valence-electron chi connectivity index (χ2n) is 4.93. The van der Waals surface area contributed by atoms with E-state index in [0.29, 0.717) is 19.7 Å². The van der Waals surface area contributed by atoms with Gasteiger partial charge in [0.25, 0.3) is 0 Å². The lowest BCUT2D eigenvalue weighted by Gasteiger charge is -2.16. The molecule has 1 aromatic rings. The number of hydrogen-bond acceptors (Lipinski definition) is 3. The molecule has 0 spiro atoms. The highest BCUT2D eigenvalue weighted by Crippen LogP contribution is 2.13. The average molecular weight is 281 g/mol. The number of carbonyl (C=O) groups excluding carboxylic acids is 1. The minimum atomic E-state index is 0.0428. The van der Waals surface area contributed by atoms with Gasteiger partial charge in [0.05, 0.1) is 0 Å². The number of carbonyl (C=O) groups is 1. The number of nitrogens with one attached hydrogen (secondary N) is 2. The van der Waals surface area contributed by atoms with Crippen LogP contribution in [0, 0.1) is 0 Å². The van der Waals surface area contributed by atoms with Gasteiger partial charge in [0.2, 0.25) is 5.91 Å². The van der Waals surface area contributed by atoms with E-state index in [2.05, 4.69) is 30.5 Å². The van der Waals surface area contributed by atoms with Crippen molar-refractivity contribution >= 4 is 5.91 Å². The van der Waals surface area contributed by atoms with Crippen molar-refractivity contribution in [3.63, 3.8) is 0 Å². The molecule has 0 bridgehead atoms. The fourth-order valence-electron chi connectivity index (χ4n) is 2.08. The van der Waals surface area contributed by atoms with E-state index in [0.717, 1.165) is 25.1 Å². The fraction of sp³-hybridized carbons (Fsp3) is 0.667. The van der Waals surface area contributed by atoms with Gasteiger partial charge >= 0.3 is 0 Å². The lowest BCUT2D eigenvalue weighted by atomic mass is 10.2. The van der Waals surface area contributed by atoms with Crippen molar-refractivity contribution in [3.05, 3.63) is 24.0 Å². The molecule has 0 aliphatic heterocycles. The highest BCUT2D eigenvalue weighted by Gasteiger charge is 2.11. The summed E-state index contributed by atoms with van der Waals surface area (Å²) in [6.07, 6.45) is 3.90. The average Bonchev–Trinajstić information content (AvgIpc) is 2.89. The van der Waals surface area contributed by atoms with Gasteiger partial charge in [0.15, 0.2) is 0 Å². The minimum absolute atomic E-state index is 0.0428. The van der Waals surface area contributed by atoms with Crippen LogP contribution in [0.5, 0.6) is 0 Å².